The van der Waals surface area contributed by atoms with Crippen molar-refractivity contribution in [3.05, 3.63) is 64.9 Å². The summed E-state index contributed by atoms with van der Waals surface area (Å²) in [4.78, 5) is 0. The van der Waals surface area contributed by atoms with Crippen molar-refractivity contribution in [2.24, 2.45) is 5.73 Å². The third-order valence-electron chi connectivity index (χ3n) is 3.28. The number of nitrogens with two attached hydrogens (primary N) is 1. The molecule has 1 aromatic heterocycles. The van der Waals surface area contributed by atoms with Crippen molar-refractivity contribution >= 4 is 22.6 Å². The monoisotopic (exact) mass is 287 g/mol. The first-order valence-electron chi connectivity index (χ1n) is 6.26. The van der Waals surface area contributed by atoms with Gasteiger partial charge in [0.1, 0.15) is 17.1 Å². The highest BCUT2D eigenvalue weighted by Crippen LogP contribution is 2.29. The first kappa shape index (κ1) is 13.0. The molecule has 0 bridgehead atoms. The lowest BCUT2D eigenvalue weighted by atomic mass is 10.1. The van der Waals surface area contributed by atoms with Crippen LogP contribution in [0.1, 0.15) is 17.4 Å². The lowest BCUT2D eigenvalue weighted by Crippen LogP contribution is -2.10. The van der Waals surface area contributed by atoms with Crippen molar-refractivity contribution in [2.45, 2.75) is 6.04 Å². The summed E-state index contributed by atoms with van der Waals surface area (Å²) in [6, 6.07) is 14.8. The van der Waals surface area contributed by atoms with Crippen molar-refractivity contribution in [3.8, 4) is 5.75 Å². The summed E-state index contributed by atoms with van der Waals surface area (Å²) in [7, 11) is 1.63. The minimum Gasteiger partial charge on any atom is -0.497 e. The van der Waals surface area contributed by atoms with Crippen LogP contribution in [0.2, 0.25) is 5.02 Å². The minimum atomic E-state index is -0.314. The molecule has 102 valence electrons. The zero-order valence-electron chi connectivity index (χ0n) is 11.0. The van der Waals surface area contributed by atoms with Crippen molar-refractivity contribution in [1.82, 2.24) is 0 Å². The Labute approximate surface area is 121 Å². The second-order valence-electron chi connectivity index (χ2n) is 4.58. The van der Waals surface area contributed by atoms with Gasteiger partial charge in [-0.05, 0) is 35.9 Å². The molecule has 0 aliphatic heterocycles. The highest BCUT2D eigenvalue weighted by Gasteiger charge is 2.14. The number of hydrogen-bond acceptors (Lipinski definition) is 3. The van der Waals surface area contributed by atoms with Gasteiger partial charge in [-0.25, -0.2) is 0 Å². The summed E-state index contributed by atoms with van der Waals surface area (Å²) in [5.41, 5.74) is 7.96. The van der Waals surface area contributed by atoms with E-state index in [2.05, 4.69) is 0 Å². The normalized spacial score (nSPS) is 12.6. The fourth-order valence-corrected chi connectivity index (χ4v) is 2.27. The Balaban J connectivity index is 1.98. The molecule has 0 fully saturated rings. The van der Waals surface area contributed by atoms with Crippen LogP contribution in [-0.4, -0.2) is 7.11 Å². The van der Waals surface area contributed by atoms with Gasteiger partial charge in [-0.3, -0.25) is 0 Å². The van der Waals surface area contributed by atoms with Gasteiger partial charge in [-0.1, -0.05) is 23.7 Å². The number of fused-ring (bicyclic) bond motifs is 1. The maximum absolute atomic E-state index is 6.23. The van der Waals surface area contributed by atoms with Crippen LogP contribution in [0, 0.1) is 0 Å². The van der Waals surface area contributed by atoms with Gasteiger partial charge in [-0.2, -0.15) is 0 Å². The van der Waals surface area contributed by atoms with Crippen LogP contribution in [0.25, 0.3) is 11.0 Å². The van der Waals surface area contributed by atoms with Crippen LogP contribution in [0.4, 0.5) is 0 Å². The third-order valence-corrected chi connectivity index (χ3v) is 3.53. The van der Waals surface area contributed by atoms with Gasteiger partial charge >= 0.3 is 0 Å². The van der Waals surface area contributed by atoms with Gasteiger partial charge in [-0.15, -0.1) is 0 Å². The molecule has 3 aromatic rings. The molecule has 1 unspecified atom stereocenters. The number of hydrogen-bond donors (Lipinski definition) is 1. The number of methoxy groups -OCH3 is 1. The Bertz CT molecular complexity index is 734. The maximum atomic E-state index is 6.23. The summed E-state index contributed by atoms with van der Waals surface area (Å²) < 4.78 is 11.0. The molecule has 0 saturated carbocycles. The number of halogens is 1. The lowest BCUT2D eigenvalue weighted by molar-refractivity contribution is 0.414. The predicted octanol–water partition coefficient (Wildman–Crippen LogP) is 4.14. The van der Waals surface area contributed by atoms with Crippen LogP contribution in [0.15, 0.2) is 52.9 Å². The topological polar surface area (TPSA) is 48.4 Å². The Morgan fingerprint density at radius 3 is 2.55 bits per heavy atom. The van der Waals surface area contributed by atoms with E-state index in [1.54, 1.807) is 7.11 Å². The first-order valence-corrected chi connectivity index (χ1v) is 6.64. The van der Waals surface area contributed by atoms with Crippen LogP contribution in [0.5, 0.6) is 5.75 Å². The molecule has 4 heteroatoms. The van der Waals surface area contributed by atoms with E-state index in [1.165, 1.54) is 0 Å². The molecule has 1 atom stereocenters. The average Bonchev–Trinajstić information content (AvgIpc) is 2.90. The Hall–Kier alpha value is -1.97. The van der Waals surface area contributed by atoms with Crippen molar-refractivity contribution in [2.75, 3.05) is 7.11 Å². The second-order valence-corrected chi connectivity index (χ2v) is 5.02. The Morgan fingerprint density at radius 1 is 1.10 bits per heavy atom. The molecule has 2 aromatic carbocycles. The molecule has 0 amide bonds. The van der Waals surface area contributed by atoms with Gasteiger partial charge in [0, 0.05) is 16.5 Å². The molecule has 0 aliphatic carbocycles. The van der Waals surface area contributed by atoms with Crippen LogP contribution in [-0.2, 0) is 0 Å². The molecular formula is C16H14ClNO2. The summed E-state index contributed by atoms with van der Waals surface area (Å²) in [6.07, 6.45) is 0. The van der Waals surface area contributed by atoms with Crippen molar-refractivity contribution in [3.63, 3.8) is 0 Å². The quantitative estimate of drug-likeness (QED) is 0.787. The summed E-state index contributed by atoms with van der Waals surface area (Å²) >= 11 is 5.88. The van der Waals surface area contributed by atoms with E-state index in [9.17, 15) is 0 Å². The highest BCUT2D eigenvalue weighted by molar-refractivity contribution is 6.30. The van der Waals surface area contributed by atoms with E-state index in [0.29, 0.717) is 5.02 Å². The van der Waals surface area contributed by atoms with Crippen molar-refractivity contribution in [1.29, 1.82) is 0 Å². The molecule has 2 N–H and O–H groups in total. The number of benzene rings is 2. The second kappa shape index (κ2) is 5.19. The van der Waals surface area contributed by atoms with Gasteiger partial charge in [0.25, 0.3) is 0 Å². The van der Waals surface area contributed by atoms with E-state index in [4.69, 9.17) is 26.5 Å². The number of ether oxygens (including phenoxy) is 1. The molecule has 3 rings (SSSR count). The molecule has 0 radical (unpaired) electrons. The summed E-state index contributed by atoms with van der Waals surface area (Å²) in [5, 5.41) is 1.69. The number of rotatable bonds is 3. The van der Waals surface area contributed by atoms with E-state index in [0.717, 1.165) is 28.0 Å². The molecule has 0 spiro atoms. The fourth-order valence-electron chi connectivity index (χ4n) is 2.15. The van der Waals surface area contributed by atoms with Gasteiger partial charge in [0.15, 0.2) is 0 Å². The average molecular weight is 288 g/mol. The van der Waals surface area contributed by atoms with Crippen LogP contribution < -0.4 is 10.5 Å². The largest absolute Gasteiger partial charge is 0.497 e. The Kier molecular flexibility index (Phi) is 3.38. The lowest BCUT2D eigenvalue weighted by Gasteiger charge is -2.08. The smallest absolute Gasteiger partial charge is 0.138 e. The predicted molar refractivity (Wildman–Crippen MR) is 80.2 cm³/mol. The molecular weight excluding hydrogens is 274 g/mol. The molecule has 0 saturated heterocycles. The van der Waals surface area contributed by atoms with E-state index in [-0.39, 0.29) is 6.04 Å². The first-order chi connectivity index (χ1) is 9.67. The van der Waals surface area contributed by atoms with E-state index >= 15 is 0 Å². The molecule has 20 heavy (non-hydrogen) atoms. The van der Waals surface area contributed by atoms with Crippen LogP contribution >= 0.6 is 11.6 Å². The van der Waals surface area contributed by atoms with E-state index in [1.807, 2.05) is 48.5 Å². The fraction of sp³-hybridized carbons (Fsp3) is 0.125. The van der Waals surface area contributed by atoms with E-state index < -0.39 is 0 Å². The number of furan rings is 1. The summed E-state index contributed by atoms with van der Waals surface area (Å²) in [5.74, 6) is 1.48. The third kappa shape index (κ3) is 2.38. The van der Waals surface area contributed by atoms with Gasteiger partial charge in [0.2, 0.25) is 0 Å². The molecule has 3 nitrogen and oxygen atoms in total. The SMILES string of the molecule is COc1ccc2cc(C(N)c3ccc(Cl)cc3)oc2c1. The molecule has 1 heterocycles. The zero-order valence-corrected chi connectivity index (χ0v) is 11.7. The van der Waals surface area contributed by atoms with Gasteiger partial charge < -0.3 is 14.9 Å². The van der Waals surface area contributed by atoms with Crippen LogP contribution in [0.3, 0.4) is 0 Å². The molecule has 0 aliphatic rings. The highest BCUT2D eigenvalue weighted by atomic mass is 35.5. The standard InChI is InChI=1S/C16H14ClNO2/c1-19-13-7-4-11-8-15(20-14(11)9-13)16(18)10-2-5-12(17)6-3-10/h2-9,16H,18H2,1H3. The zero-order chi connectivity index (χ0) is 14.1. The summed E-state index contributed by atoms with van der Waals surface area (Å²) in [6.45, 7) is 0. The van der Waals surface area contributed by atoms with Gasteiger partial charge in [0.05, 0.1) is 13.2 Å². The van der Waals surface area contributed by atoms with Crippen molar-refractivity contribution < 1.29 is 9.15 Å². The maximum Gasteiger partial charge on any atom is 0.138 e. The Morgan fingerprint density at radius 2 is 1.85 bits per heavy atom. The minimum absolute atomic E-state index is 0.314.